The van der Waals surface area contributed by atoms with E-state index in [2.05, 4.69) is 30.6 Å². The first-order valence-corrected chi connectivity index (χ1v) is 6.13. The van der Waals surface area contributed by atoms with Gasteiger partial charge in [-0.15, -0.1) is 0 Å². The average molecular weight is 279 g/mol. The van der Waals surface area contributed by atoms with Gasteiger partial charge in [0.25, 0.3) is 0 Å². The number of H-pyrrole nitrogens is 1. The second-order valence-electron chi connectivity index (χ2n) is 4.18. The van der Waals surface area contributed by atoms with Gasteiger partial charge in [0.1, 0.15) is 17.3 Å². The van der Waals surface area contributed by atoms with Crippen LogP contribution >= 0.6 is 11.6 Å². The summed E-state index contributed by atoms with van der Waals surface area (Å²) in [6.07, 6.45) is 3.48. The number of fused-ring (bicyclic) bond motifs is 1. The second kappa shape index (κ2) is 4.94. The number of aromatic nitrogens is 4. The predicted molar refractivity (Wildman–Crippen MR) is 68.6 cm³/mol. The summed E-state index contributed by atoms with van der Waals surface area (Å²) < 4.78 is 0. The van der Waals surface area contributed by atoms with E-state index in [4.69, 9.17) is 11.6 Å². The van der Waals surface area contributed by atoms with E-state index in [1.54, 1.807) is 6.33 Å². The van der Waals surface area contributed by atoms with E-state index in [0.29, 0.717) is 18.8 Å². The molecule has 8 heteroatoms. The highest BCUT2D eigenvalue weighted by molar-refractivity contribution is 6.29. The van der Waals surface area contributed by atoms with Crippen molar-refractivity contribution in [1.82, 2.24) is 25.3 Å². The van der Waals surface area contributed by atoms with Crippen LogP contribution < -0.4 is 10.6 Å². The van der Waals surface area contributed by atoms with Gasteiger partial charge in [-0.1, -0.05) is 11.6 Å². The third kappa shape index (κ3) is 2.56. The van der Waals surface area contributed by atoms with Crippen LogP contribution in [0, 0.1) is 0 Å². The summed E-state index contributed by atoms with van der Waals surface area (Å²) in [6, 6.07) is 1.17. The zero-order valence-electron chi connectivity index (χ0n) is 9.85. The molecule has 0 saturated heterocycles. The lowest BCUT2D eigenvalue weighted by molar-refractivity contribution is -0.118. The van der Waals surface area contributed by atoms with Gasteiger partial charge in [-0.2, -0.15) is 0 Å². The number of aromatic amines is 1. The molecular weight excluding hydrogens is 268 g/mol. The van der Waals surface area contributed by atoms with Crippen molar-refractivity contribution in [1.29, 1.82) is 0 Å². The highest BCUT2D eigenvalue weighted by atomic mass is 35.5. The minimum atomic E-state index is -0.329. The van der Waals surface area contributed by atoms with Gasteiger partial charge in [-0.3, -0.25) is 10.1 Å². The molecule has 2 aromatic rings. The maximum absolute atomic E-state index is 12.1. The van der Waals surface area contributed by atoms with E-state index >= 15 is 0 Å². The SMILES string of the molecule is O=C(Nc1cc(Cl)ncn1)C1Cc2nc[nH]c2CN1. The Bertz CT molecular complexity index is 613. The molecule has 1 aliphatic heterocycles. The zero-order valence-corrected chi connectivity index (χ0v) is 10.6. The first kappa shape index (κ1) is 12.1. The Morgan fingerprint density at radius 1 is 1.42 bits per heavy atom. The summed E-state index contributed by atoms with van der Waals surface area (Å²) in [4.78, 5) is 27.0. The van der Waals surface area contributed by atoms with Crippen molar-refractivity contribution in [3.63, 3.8) is 0 Å². The number of anilines is 1. The summed E-state index contributed by atoms with van der Waals surface area (Å²) in [6.45, 7) is 0.595. The summed E-state index contributed by atoms with van der Waals surface area (Å²) in [5.74, 6) is 0.225. The van der Waals surface area contributed by atoms with E-state index in [9.17, 15) is 4.79 Å². The minimum Gasteiger partial charge on any atom is -0.347 e. The van der Waals surface area contributed by atoms with E-state index < -0.39 is 0 Å². The van der Waals surface area contributed by atoms with Crippen molar-refractivity contribution in [3.8, 4) is 0 Å². The number of imidazole rings is 1. The molecule has 3 heterocycles. The Labute approximate surface area is 113 Å². The van der Waals surface area contributed by atoms with Crippen molar-refractivity contribution in [3.05, 3.63) is 35.3 Å². The number of nitrogens with one attached hydrogen (secondary N) is 3. The van der Waals surface area contributed by atoms with Gasteiger partial charge in [-0.25, -0.2) is 15.0 Å². The number of hydrogen-bond donors (Lipinski definition) is 3. The Kier molecular flexibility index (Phi) is 3.14. The Hall–Kier alpha value is -1.99. The lowest BCUT2D eigenvalue weighted by Gasteiger charge is -2.21. The molecule has 7 nitrogen and oxygen atoms in total. The van der Waals surface area contributed by atoms with Crippen LogP contribution in [0.25, 0.3) is 0 Å². The number of amides is 1. The first-order chi connectivity index (χ1) is 9.22. The normalized spacial score (nSPS) is 17.8. The molecule has 1 aliphatic rings. The monoisotopic (exact) mass is 278 g/mol. The third-order valence-corrected chi connectivity index (χ3v) is 3.14. The first-order valence-electron chi connectivity index (χ1n) is 5.75. The van der Waals surface area contributed by atoms with Crippen molar-refractivity contribution in [2.45, 2.75) is 19.0 Å². The fourth-order valence-corrected chi connectivity index (χ4v) is 2.12. The molecule has 0 aliphatic carbocycles. The van der Waals surface area contributed by atoms with Crippen molar-refractivity contribution in [2.24, 2.45) is 0 Å². The smallest absolute Gasteiger partial charge is 0.243 e. The summed E-state index contributed by atoms with van der Waals surface area (Å²) in [5.41, 5.74) is 1.94. The van der Waals surface area contributed by atoms with Gasteiger partial charge in [0.05, 0.1) is 23.8 Å². The molecule has 0 radical (unpaired) electrons. The maximum atomic E-state index is 12.1. The molecule has 0 spiro atoms. The fourth-order valence-electron chi connectivity index (χ4n) is 1.97. The van der Waals surface area contributed by atoms with Gasteiger partial charge in [0.2, 0.25) is 5.91 Å². The molecule has 1 atom stereocenters. The van der Waals surface area contributed by atoms with Gasteiger partial charge >= 0.3 is 0 Å². The molecule has 2 aromatic heterocycles. The number of nitrogens with zero attached hydrogens (tertiary/aromatic N) is 3. The van der Waals surface area contributed by atoms with Crippen LogP contribution in [0.15, 0.2) is 18.7 Å². The molecule has 1 unspecified atom stereocenters. The van der Waals surface area contributed by atoms with E-state index in [-0.39, 0.29) is 17.1 Å². The Morgan fingerprint density at radius 3 is 3.16 bits per heavy atom. The van der Waals surface area contributed by atoms with Crippen molar-refractivity contribution >= 4 is 23.3 Å². The van der Waals surface area contributed by atoms with Crippen molar-refractivity contribution in [2.75, 3.05) is 5.32 Å². The molecule has 98 valence electrons. The molecule has 1 amide bonds. The standard InChI is InChI=1S/C11H11ClN6O/c12-9-2-10(17-5-16-9)18-11(19)7-1-6-8(3-13-7)15-4-14-6/h2,4-5,7,13H,1,3H2,(H,14,15)(H,16,17,18,19). The third-order valence-electron chi connectivity index (χ3n) is 2.93. The second-order valence-corrected chi connectivity index (χ2v) is 4.57. The zero-order chi connectivity index (χ0) is 13.2. The lowest BCUT2D eigenvalue weighted by atomic mass is 10.0. The van der Waals surface area contributed by atoms with Crippen LogP contribution in [-0.4, -0.2) is 31.9 Å². The van der Waals surface area contributed by atoms with Crippen molar-refractivity contribution < 1.29 is 4.79 Å². The number of carbonyl (C=O) groups is 1. The highest BCUT2D eigenvalue weighted by Crippen LogP contribution is 2.14. The molecule has 3 N–H and O–H groups in total. The summed E-state index contributed by atoms with van der Waals surface area (Å²) in [5, 5.41) is 6.13. The van der Waals surface area contributed by atoms with Crippen LogP contribution in [-0.2, 0) is 17.8 Å². The molecule has 0 saturated carbocycles. The Morgan fingerprint density at radius 2 is 2.32 bits per heavy atom. The number of hydrogen-bond acceptors (Lipinski definition) is 5. The van der Waals surface area contributed by atoms with Gasteiger partial charge in [-0.05, 0) is 0 Å². The highest BCUT2D eigenvalue weighted by Gasteiger charge is 2.25. The molecule has 0 aromatic carbocycles. The quantitative estimate of drug-likeness (QED) is 0.696. The van der Waals surface area contributed by atoms with Gasteiger partial charge < -0.3 is 10.3 Å². The van der Waals surface area contributed by atoms with Crippen LogP contribution in [0.4, 0.5) is 5.82 Å². The molecule has 0 fully saturated rings. The topological polar surface area (TPSA) is 95.6 Å². The van der Waals surface area contributed by atoms with E-state index in [1.165, 1.54) is 12.4 Å². The molecule has 3 rings (SSSR count). The van der Waals surface area contributed by atoms with Crippen LogP contribution in [0.1, 0.15) is 11.4 Å². The lowest BCUT2D eigenvalue weighted by Crippen LogP contribution is -2.44. The molecule has 0 bridgehead atoms. The predicted octanol–water partition coefficient (Wildman–Crippen LogP) is 0.506. The van der Waals surface area contributed by atoms with Crippen LogP contribution in [0.2, 0.25) is 5.15 Å². The molecular formula is C11H11ClN6O. The van der Waals surface area contributed by atoms with Gasteiger partial charge in [0, 0.05) is 19.0 Å². The maximum Gasteiger partial charge on any atom is 0.243 e. The Balaban J connectivity index is 1.69. The average Bonchev–Trinajstić information content (AvgIpc) is 2.85. The van der Waals surface area contributed by atoms with Crippen LogP contribution in [0.5, 0.6) is 0 Å². The van der Waals surface area contributed by atoms with E-state index in [0.717, 1.165) is 11.4 Å². The number of halogens is 1. The van der Waals surface area contributed by atoms with Gasteiger partial charge in [0.15, 0.2) is 0 Å². The number of rotatable bonds is 2. The van der Waals surface area contributed by atoms with E-state index in [1.807, 2.05) is 0 Å². The summed E-state index contributed by atoms with van der Waals surface area (Å²) >= 11 is 5.73. The summed E-state index contributed by atoms with van der Waals surface area (Å²) in [7, 11) is 0. The largest absolute Gasteiger partial charge is 0.347 e. The molecule has 19 heavy (non-hydrogen) atoms. The number of carbonyl (C=O) groups excluding carboxylic acids is 1. The minimum absolute atomic E-state index is 0.164. The van der Waals surface area contributed by atoms with Crippen LogP contribution in [0.3, 0.4) is 0 Å². The fraction of sp³-hybridized carbons (Fsp3) is 0.273.